The van der Waals surface area contributed by atoms with Gasteiger partial charge in [-0.25, -0.2) is 4.98 Å². The minimum absolute atomic E-state index is 1.06. The predicted molar refractivity (Wildman–Crippen MR) is 79.9 cm³/mol. The molecular formula is C17H12N2. The smallest absolute Gasteiger partial charge is 0.0956 e. The fraction of sp³-hybridized carbons (Fsp3) is 0. The Bertz CT molecular complexity index is 819. The third kappa shape index (κ3) is 1.54. The van der Waals surface area contributed by atoms with Crippen molar-refractivity contribution in [1.29, 1.82) is 0 Å². The van der Waals surface area contributed by atoms with Crippen LogP contribution in [0.5, 0.6) is 0 Å². The predicted octanol–water partition coefficient (Wildman–Crippen LogP) is 4.19. The Morgan fingerprint density at radius 3 is 2.79 bits per heavy atom. The Morgan fingerprint density at radius 1 is 0.895 bits per heavy atom. The fourth-order valence-corrected chi connectivity index (χ4v) is 2.54. The van der Waals surface area contributed by atoms with E-state index < -0.39 is 0 Å². The van der Waals surface area contributed by atoms with Crippen LogP contribution in [0.3, 0.4) is 0 Å². The van der Waals surface area contributed by atoms with Crippen molar-refractivity contribution in [3.05, 3.63) is 66.5 Å². The lowest BCUT2D eigenvalue weighted by atomic mass is 10.1. The summed E-state index contributed by atoms with van der Waals surface area (Å²) in [4.78, 5) is 4.77. The van der Waals surface area contributed by atoms with E-state index in [1.165, 1.54) is 10.9 Å². The van der Waals surface area contributed by atoms with Crippen molar-refractivity contribution in [2.75, 3.05) is 0 Å². The minimum atomic E-state index is 1.06. The van der Waals surface area contributed by atoms with Crippen LogP contribution in [0.15, 0.2) is 60.8 Å². The Hall–Kier alpha value is -2.61. The summed E-state index contributed by atoms with van der Waals surface area (Å²) in [6.45, 7) is 0. The molecule has 0 amide bonds. The van der Waals surface area contributed by atoms with E-state index in [-0.39, 0.29) is 0 Å². The summed E-state index contributed by atoms with van der Waals surface area (Å²) in [5.74, 6) is 0. The number of para-hydroxylation sites is 1. The van der Waals surface area contributed by atoms with Gasteiger partial charge in [0.15, 0.2) is 0 Å². The van der Waals surface area contributed by atoms with Gasteiger partial charge in [0.1, 0.15) is 0 Å². The number of pyridine rings is 1. The van der Waals surface area contributed by atoms with Gasteiger partial charge in [-0.3, -0.25) is 0 Å². The molecule has 0 N–H and O–H groups in total. The average Bonchev–Trinajstić information content (AvgIpc) is 2.77. The normalized spacial score (nSPS) is 13.7. The number of allylic oxidation sites excluding steroid dienone is 4. The number of hydrogen-bond acceptors (Lipinski definition) is 1. The van der Waals surface area contributed by atoms with E-state index in [9.17, 15) is 0 Å². The molecule has 2 heteroatoms. The molecule has 0 saturated heterocycles. The van der Waals surface area contributed by atoms with Gasteiger partial charge in [0, 0.05) is 23.3 Å². The van der Waals surface area contributed by atoms with Crippen molar-refractivity contribution < 1.29 is 0 Å². The van der Waals surface area contributed by atoms with Crippen molar-refractivity contribution in [2.24, 2.45) is 0 Å². The lowest BCUT2D eigenvalue weighted by molar-refractivity contribution is 1.09. The number of nitrogens with zero attached hydrogens (tertiary/aromatic N) is 2. The molecule has 1 aromatic carbocycles. The Balaban J connectivity index is 2.11. The van der Waals surface area contributed by atoms with E-state index in [1.54, 1.807) is 0 Å². The molecule has 0 saturated carbocycles. The number of fused-ring (bicyclic) bond motifs is 5. The maximum atomic E-state index is 4.77. The number of benzene rings is 1. The van der Waals surface area contributed by atoms with E-state index in [0.29, 0.717) is 0 Å². The zero-order valence-electron chi connectivity index (χ0n) is 10.3. The summed E-state index contributed by atoms with van der Waals surface area (Å²) in [7, 11) is 0. The SMILES string of the molecule is C1=CC=Cn2ccc3c4ccccc4nc-3c2C=C1. The molecule has 0 unspecified atom stereocenters. The first-order valence-electron chi connectivity index (χ1n) is 6.34. The van der Waals surface area contributed by atoms with Gasteiger partial charge in [0.25, 0.3) is 0 Å². The zero-order chi connectivity index (χ0) is 12.7. The molecule has 0 bridgehead atoms. The molecule has 3 aliphatic rings. The summed E-state index contributed by atoms with van der Waals surface area (Å²) in [5, 5.41) is 1.22. The highest BCUT2D eigenvalue weighted by Gasteiger charge is 2.15. The molecule has 1 aromatic rings. The number of rotatable bonds is 0. The summed E-state index contributed by atoms with van der Waals surface area (Å²) in [6.07, 6.45) is 14.4. The van der Waals surface area contributed by atoms with Crippen LogP contribution in [0.1, 0.15) is 5.69 Å². The van der Waals surface area contributed by atoms with Gasteiger partial charge in [-0.15, -0.1) is 0 Å². The summed E-state index contributed by atoms with van der Waals surface area (Å²) in [5.41, 5.74) is 4.44. The molecule has 0 atom stereocenters. The van der Waals surface area contributed by atoms with Gasteiger partial charge >= 0.3 is 0 Å². The second-order valence-electron chi connectivity index (χ2n) is 4.59. The van der Waals surface area contributed by atoms with Gasteiger partial charge in [0.05, 0.1) is 16.9 Å². The Labute approximate surface area is 111 Å². The van der Waals surface area contributed by atoms with E-state index in [0.717, 1.165) is 16.9 Å². The number of aromatic nitrogens is 2. The van der Waals surface area contributed by atoms with Crippen molar-refractivity contribution in [2.45, 2.75) is 0 Å². The van der Waals surface area contributed by atoms with E-state index >= 15 is 0 Å². The van der Waals surface area contributed by atoms with Gasteiger partial charge in [-0.2, -0.15) is 0 Å². The largest absolute Gasteiger partial charge is 0.322 e. The lowest BCUT2D eigenvalue weighted by Crippen LogP contribution is -1.98. The zero-order valence-corrected chi connectivity index (χ0v) is 10.3. The quantitative estimate of drug-likeness (QED) is 0.579. The molecule has 0 aliphatic carbocycles. The van der Waals surface area contributed by atoms with E-state index in [1.807, 2.05) is 36.6 Å². The molecule has 0 spiro atoms. The van der Waals surface area contributed by atoms with Crippen LogP contribution in [0, 0.1) is 0 Å². The highest BCUT2D eigenvalue weighted by molar-refractivity contribution is 5.99. The minimum Gasteiger partial charge on any atom is -0.322 e. The summed E-state index contributed by atoms with van der Waals surface area (Å²) in [6, 6.07) is 10.4. The molecular weight excluding hydrogens is 232 g/mol. The average molecular weight is 244 g/mol. The second-order valence-corrected chi connectivity index (χ2v) is 4.59. The van der Waals surface area contributed by atoms with Crippen LogP contribution < -0.4 is 0 Å². The molecule has 0 radical (unpaired) electrons. The Kier molecular flexibility index (Phi) is 2.15. The van der Waals surface area contributed by atoms with Crippen molar-refractivity contribution in [3.8, 4) is 11.3 Å². The van der Waals surface area contributed by atoms with Crippen LogP contribution in [-0.4, -0.2) is 9.55 Å². The van der Waals surface area contributed by atoms with Crippen LogP contribution in [-0.2, 0) is 0 Å². The monoisotopic (exact) mass is 244 g/mol. The van der Waals surface area contributed by atoms with Crippen molar-refractivity contribution in [3.63, 3.8) is 0 Å². The van der Waals surface area contributed by atoms with E-state index in [4.69, 9.17) is 4.98 Å². The van der Waals surface area contributed by atoms with Crippen LogP contribution in [0.2, 0.25) is 0 Å². The summed E-state index contributed by atoms with van der Waals surface area (Å²) < 4.78 is 2.11. The number of hydrogen-bond donors (Lipinski definition) is 0. The maximum Gasteiger partial charge on any atom is 0.0956 e. The van der Waals surface area contributed by atoms with Crippen LogP contribution in [0.4, 0.5) is 0 Å². The molecule has 4 rings (SSSR count). The highest BCUT2D eigenvalue weighted by Crippen LogP contribution is 2.34. The topological polar surface area (TPSA) is 17.8 Å². The summed E-state index contributed by atoms with van der Waals surface area (Å²) >= 11 is 0. The first kappa shape index (κ1) is 10.3. The molecule has 19 heavy (non-hydrogen) atoms. The molecule has 2 nitrogen and oxygen atoms in total. The third-order valence-corrected chi connectivity index (χ3v) is 3.44. The van der Waals surface area contributed by atoms with Crippen molar-refractivity contribution in [1.82, 2.24) is 9.55 Å². The molecule has 3 aliphatic heterocycles. The molecule has 90 valence electrons. The maximum absolute atomic E-state index is 4.77. The first-order valence-corrected chi connectivity index (χ1v) is 6.34. The van der Waals surface area contributed by atoms with Gasteiger partial charge < -0.3 is 4.57 Å². The van der Waals surface area contributed by atoms with E-state index in [2.05, 4.69) is 41.1 Å². The van der Waals surface area contributed by atoms with Crippen LogP contribution in [0.25, 0.3) is 34.4 Å². The van der Waals surface area contributed by atoms with Crippen LogP contribution >= 0.6 is 0 Å². The van der Waals surface area contributed by atoms with Gasteiger partial charge in [-0.1, -0.05) is 36.4 Å². The Morgan fingerprint density at radius 2 is 1.79 bits per heavy atom. The lowest BCUT2D eigenvalue weighted by Gasteiger charge is -2.11. The van der Waals surface area contributed by atoms with Gasteiger partial charge in [-0.05, 0) is 24.3 Å². The standard InChI is InChI=1S/C17H12N2/c1-2-6-11-19-12-10-14-13-7-4-5-8-15(13)18-17(14)16(19)9-3-1/h1-12H. The third-order valence-electron chi connectivity index (χ3n) is 3.44. The van der Waals surface area contributed by atoms with Crippen molar-refractivity contribution >= 4 is 23.2 Å². The highest BCUT2D eigenvalue weighted by atomic mass is 15.0. The second kappa shape index (κ2) is 3.95. The molecule has 0 fully saturated rings. The first-order chi connectivity index (χ1) is 9.43. The fourth-order valence-electron chi connectivity index (χ4n) is 2.54. The molecule has 3 heterocycles. The molecule has 0 aromatic heterocycles. The van der Waals surface area contributed by atoms with Gasteiger partial charge in [0.2, 0.25) is 0 Å².